The van der Waals surface area contributed by atoms with E-state index in [9.17, 15) is 9.59 Å². The van der Waals surface area contributed by atoms with Crippen molar-refractivity contribution in [3.05, 3.63) is 45.3 Å². The molecule has 5 heteroatoms. The second kappa shape index (κ2) is 4.85. The fourth-order valence-corrected chi connectivity index (χ4v) is 2.22. The maximum absolute atomic E-state index is 12.4. The second-order valence-corrected chi connectivity index (χ2v) is 4.75. The van der Waals surface area contributed by atoms with Crippen LogP contribution in [-0.2, 0) is 4.79 Å². The van der Waals surface area contributed by atoms with Gasteiger partial charge in [0.2, 0.25) is 5.91 Å². The van der Waals surface area contributed by atoms with Gasteiger partial charge < -0.3 is 15.9 Å². The van der Waals surface area contributed by atoms with E-state index in [-0.39, 0.29) is 17.4 Å². The van der Waals surface area contributed by atoms with Gasteiger partial charge in [-0.2, -0.15) is 0 Å². The van der Waals surface area contributed by atoms with Crippen LogP contribution in [-0.4, -0.2) is 5.91 Å². The predicted molar refractivity (Wildman–Crippen MR) is 72.7 cm³/mol. The minimum Gasteiger partial charge on any atom is -0.464 e. The molecule has 1 amide bonds. The van der Waals surface area contributed by atoms with Gasteiger partial charge in [0.25, 0.3) is 0 Å². The summed E-state index contributed by atoms with van der Waals surface area (Å²) in [5.74, 6) is -0.548. The molecule has 0 spiro atoms. The number of hydrogen-bond donors (Lipinski definition) is 2. The molecule has 1 aromatic heterocycles. The highest BCUT2D eigenvalue weighted by Gasteiger charge is 2.17. The van der Waals surface area contributed by atoms with Crippen molar-refractivity contribution in [3.63, 3.8) is 0 Å². The van der Waals surface area contributed by atoms with Gasteiger partial charge in [-0.1, -0.05) is 6.07 Å². The van der Waals surface area contributed by atoms with Gasteiger partial charge in [0.1, 0.15) is 5.58 Å². The summed E-state index contributed by atoms with van der Waals surface area (Å²) in [6.07, 6.45) is 1.23. The molecule has 0 aliphatic heterocycles. The summed E-state index contributed by atoms with van der Waals surface area (Å²) >= 11 is 0. The number of amides is 1. The van der Waals surface area contributed by atoms with E-state index < -0.39 is 11.9 Å². The Morgan fingerprint density at radius 2 is 2.05 bits per heavy atom. The lowest BCUT2D eigenvalue weighted by molar-refractivity contribution is -0.118. The number of primary amides is 1. The van der Waals surface area contributed by atoms with E-state index in [4.69, 9.17) is 15.9 Å². The van der Waals surface area contributed by atoms with Crippen molar-refractivity contribution in [2.75, 3.05) is 0 Å². The van der Waals surface area contributed by atoms with Crippen LogP contribution in [0.3, 0.4) is 0 Å². The lowest BCUT2D eigenvalue weighted by Gasteiger charge is -2.10. The quantitative estimate of drug-likeness (QED) is 0.868. The van der Waals surface area contributed by atoms with E-state index in [0.29, 0.717) is 11.0 Å². The molecule has 4 N–H and O–H groups in total. The van der Waals surface area contributed by atoms with Gasteiger partial charge in [0.15, 0.2) is 5.43 Å². The summed E-state index contributed by atoms with van der Waals surface area (Å²) < 4.78 is 5.46. The molecular formula is C14H16N2O3. The summed E-state index contributed by atoms with van der Waals surface area (Å²) in [6.45, 7) is 3.77. The largest absolute Gasteiger partial charge is 0.464 e. The summed E-state index contributed by atoms with van der Waals surface area (Å²) in [6, 6.07) is 2.97. The number of carbonyl (C=O) groups excluding carboxylic acids is 1. The monoisotopic (exact) mass is 260 g/mol. The number of aryl methyl sites for hydroxylation is 2. The van der Waals surface area contributed by atoms with Crippen LogP contribution < -0.4 is 16.9 Å². The topological polar surface area (TPSA) is 99.3 Å². The van der Waals surface area contributed by atoms with E-state index >= 15 is 0 Å². The average molecular weight is 260 g/mol. The maximum atomic E-state index is 12.4. The molecule has 100 valence electrons. The summed E-state index contributed by atoms with van der Waals surface area (Å²) in [7, 11) is 0. The number of fused-ring (bicyclic) bond motifs is 1. The van der Waals surface area contributed by atoms with Crippen molar-refractivity contribution in [1.82, 2.24) is 0 Å². The highest BCUT2D eigenvalue weighted by Crippen LogP contribution is 2.20. The first-order valence-electron chi connectivity index (χ1n) is 5.96. The lowest BCUT2D eigenvalue weighted by Crippen LogP contribution is -2.25. The van der Waals surface area contributed by atoms with Crippen LogP contribution >= 0.6 is 0 Å². The molecular weight excluding hydrogens is 244 g/mol. The molecule has 1 unspecified atom stereocenters. The number of nitrogens with two attached hydrogens (primary N) is 2. The molecule has 2 rings (SSSR count). The van der Waals surface area contributed by atoms with Gasteiger partial charge >= 0.3 is 0 Å². The highest BCUT2D eigenvalue weighted by molar-refractivity contribution is 5.81. The van der Waals surface area contributed by atoms with E-state index in [2.05, 4.69) is 0 Å². The fourth-order valence-electron chi connectivity index (χ4n) is 2.22. The third-order valence-corrected chi connectivity index (χ3v) is 3.07. The Bertz CT molecular complexity index is 704. The minimum absolute atomic E-state index is 0.0822. The molecule has 0 bridgehead atoms. The first-order valence-corrected chi connectivity index (χ1v) is 5.96. The first kappa shape index (κ1) is 13.3. The van der Waals surface area contributed by atoms with Gasteiger partial charge in [0, 0.05) is 12.5 Å². The number of rotatable bonds is 3. The normalized spacial score (nSPS) is 12.6. The molecule has 0 saturated heterocycles. The molecule has 0 aliphatic carbocycles. The van der Waals surface area contributed by atoms with E-state index in [1.165, 1.54) is 6.26 Å². The van der Waals surface area contributed by atoms with Crippen LogP contribution in [0, 0.1) is 13.8 Å². The van der Waals surface area contributed by atoms with Crippen LogP contribution in [0.1, 0.15) is 29.2 Å². The summed E-state index contributed by atoms with van der Waals surface area (Å²) in [5, 5.41) is 0.503. The molecule has 0 aliphatic rings. The average Bonchev–Trinajstić information content (AvgIpc) is 2.26. The predicted octanol–water partition coefficient (Wildman–Crippen LogP) is 1.29. The Morgan fingerprint density at radius 3 is 2.68 bits per heavy atom. The van der Waals surface area contributed by atoms with Crippen LogP contribution in [0.5, 0.6) is 0 Å². The Morgan fingerprint density at radius 1 is 1.37 bits per heavy atom. The molecule has 1 atom stereocenters. The SMILES string of the molecule is Cc1cc(C)c2c(=O)c(C(N)CC(N)=O)coc2c1. The van der Waals surface area contributed by atoms with Crippen molar-refractivity contribution in [2.24, 2.45) is 11.5 Å². The molecule has 0 fully saturated rings. The van der Waals surface area contributed by atoms with Crippen LogP contribution in [0.15, 0.2) is 27.6 Å². The van der Waals surface area contributed by atoms with Crippen LogP contribution in [0.2, 0.25) is 0 Å². The fraction of sp³-hybridized carbons (Fsp3) is 0.286. The maximum Gasteiger partial charge on any atom is 0.219 e. The zero-order chi connectivity index (χ0) is 14.2. The van der Waals surface area contributed by atoms with Gasteiger partial charge in [-0.15, -0.1) is 0 Å². The zero-order valence-electron chi connectivity index (χ0n) is 10.9. The first-order chi connectivity index (χ1) is 8.90. The van der Waals surface area contributed by atoms with Crippen molar-refractivity contribution in [2.45, 2.75) is 26.3 Å². The molecule has 2 aromatic rings. The number of benzene rings is 1. The molecule has 5 nitrogen and oxygen atoms in total. The molecule has 0 saturated carbocycles. The van der Waals surface area contributed by atoms with E-state index in [1.807, 2.05) is 19.9 Å². The Balaban J connectivity index is 2.64. The van der Waals surface area contributed by atoms with Gasteiger partial charge in [-0.05, 0) is 31.0 Å². The molecule has 1 aromatic carbocycles. The van der Waals surface area contributed by atoms with E-state index in [1.54, 1.807) is 6.07 Å². The van der Waals surface area contributed by atoms with Gasteiger partial charge in [-0.25, -0.2) is 0 Å². The van der Waals surface area contributed by atoms with E-state index in [0.717, 1.165) is 11.1 Å². The minimum atomic E-state index is -0.737. The summed E-state index contributed by atoms with van der Waals surface area (Å²) in [5.41, 5.74) is 13.3. The van der Waals surface area contributed by atoms with Crippen LogP contribution in [0.4, 0.5) is 0 Å². The number of carbonyl (C=O) groups is 1. The highest BCUT2D eigenvalue weighted by atomic mass is 16.3. The lowest BCUT2D eigenvalue weighted by atomic mass is 10.0. The zero-order valence-corrected chi connectivity index (χ0v) is 10.9. The Labute approximate surface area is 110 Å². The number of hydrogen-bond acceptors (Lipinski definition) is 4. The standard InChI is InChI=1S/C14H16N2O3/c1-7-3-8(2)13-11(4-7)19-6-9(14(13)18)10(15)5-12(16)17/h3-4,6,10H,5,15H2,1-2H3,(H2,16,17). The molecule has 1 heterocycles. The third-order valence-electron chi connectivity index (χ3n) is 3.07. The molecule has 19 heavy (non-hydrogen) atoms. The van der Waals surface area contributed by atoms with Crippen molar-refractivity contribution in [1.29, 1.82) is 0 Å². The molecule has 0 radical (unpaired) electrons. The van der Waals surface area contributed by atoms with Crippen molar-refractivity contribution >= 4 is 16.9 Å². The van der Waals surface area contributed by atoms with Crippen molar-refractivity contribution in [3.8, 4) is 0 Å². The van der Waals surface area contributed by atoms with Gasteiger partial charge in [0.05, 0.1) is 17.2 Å². The van der Waals surface area contributed by atoms with Gasteiger partial charge in [-0.3, -0.25) is 9.59 Å². The smallest absolute Gasteiger partial charge is 0.219 e. The second-order valence-electron chi connectivity index (χ2n) is 4.75. The Kier molecular flexibility index (Phi) is 3.40. The third kappa shape index (κ3) is 2.51. The Hall–Kier alpha value is -2.14. The van der Waals surface area contributed by atoms with Crippen LogP contribution in [0.25, 0.3) is 11.0 Å². The van der Waals surface area contributed by atoms with Crippen molar-refractivity contribution < 1.29 is 9.21 Å². The summed E-state index contributed by atoms with van der Waals surface area (Å²) in [4.78, 5) is 23.3.